The average Bonchev–Trinajstić information content (AvgIpc) is 3.24. The standard InChI is InChI=1S/C21H17N5O3/c27-19-17-6-5-16(25-8-7-13-3-1-2-4-14(13)11-25)9-18(17)23-21(24-19)26-12-15(10-22-26)20(28)29/h1-6,9-10,12H,7-8,11H2,(H,28,29)(H,23,24,27). The molecule has 0 fully saturated rings. The van der Waals surface area contributed by atoms with Crippen LogP contribution < -0.4 is 10.5 Å². The molecule has 0 atom stereocenters. The summed E-state index contributed by atoms with van der Waals surface area (Å²) in [5.41, 5.74) is 3.92. The molecule has 8 heteroatoms. The second kappa shape index (κ2) is 6.59. The predicted octanol–water partition coefficient (Wildman–Crippen LogP) is 2.37. The van der Waals surface area contributed by atoms with Gasteiger partial charge >= 0.3 is 5.97 Å². The molecular formula is C21H17N5O3. The number of aromatic nitrogens is 4. The number of H-pyrrole nitrogens is 1. The second-order valence-electron chi connectivity index (χ2n) is 7.01. The highest BCUT2D eigenvalue weighted by atomic mass is 16.4. The van der Waals surface area contributed by atoms with Crippen LogP contribution in [0, 0.1) is 0 Å². The van der Waals surface area contributed by atoms with Crippen LogP contribution in [0.4, 0.5) is 5.69 Å². The van der Waals surface area contributed by atoms with Gasteiger partial charge in [0.05, 0.1) is 22.7 Å². The Kier molecular flexibility index (Phi) is 3.90. The molecule has 0 saturated heterocycles. The molecule has 144 valence electrons. The van der Waals surface area contributed by atoms with Crippen molar-refractivity contribution in [1.82, 2.24) is 19.7 Å². The highest BCUT2D eigenvalue weighted by molar-refractivity contribution is 5.87. The zero-order chi connectivity index (χ0) is 20.0. The topological polar surface area (TPSA) is 104 Å². The third-order valence-electron chi connectivity index (χ3n) is 5.22. The van der Waals surface area contributed by atoms with Gasteiger partial charge in [0, 0.05) is 25.0 Å². The number of carbonyl (C=O) groups is 1. The number of carboxylic acid groups (broad SMARTS) is 1. The number of carboxylic acids is 1. The number of aromatic amines is 1. The molecule has 0 spiro atoms. The van der Waals surface area contributed by atoms with Gasteiger partial charge in [-0.3, -0.25) is 9.78 Å². The number of nitrogens with zero attached hydrogens (tertiary/aromatic N) is 4. The Morgan fingerprint density at radius 3 is 2.76 bits per heavy atom. The highest BCUT2D eigenvalue weighted by Crippen LogP contribution is 2.26. The van der Waals surface area contributed by atoms with Crippen LogP contribution in [0.1, 0.15) is 21.5 Å². The van der Waals surface area contributed by atoms with E-state index in [9.17, 15) is 9.59 Å². The maximum atomic E-state index is 12.5. The minimum atomic E-state index is -1.09. The Bertz CT molecular complexity index is 1310. The predicted molar refractivity (Wildman–Crippen MR) is 108 cm³/mol. The maximum Gasteiger partial charge on any atom is 0.338 e. The summed E-state index contributed by atoms with van der Waals surface area (Å²) < 4.78 is 1.26. The van der Waals surface area contributed by atoms with Crippen molar-refractivity contribution >= 4 is 22.6 Å². The number of rotatable bonds is 3. The smallest absolute Gasteiger partial charge is 0.338 e. The van der Waals surface area contributed by atoms with Gasteiger partial charge in [0.15, 0.2) is 0 Å². The van der Waals surface area contributed by atoms with Crippen LogP contribution in [-0.4, -0.2) is 37.4 Å². The molecular weight excluding hydrogens is 370 g/mol. The van der Waals surface area contributed by atoms with Crippen LogP contribution in [0.2, 0.25) is 0 Å². The second-order valence-corrected chi connectivity index (χ2v) is 7.01. The molecule has 0 aliphatic carbocycles. The molecule has 0 amide bonds. The van der Waals surface area contributed by atoms with Crippen LogP contribution in [-0.2, 0) is 13.0 Å². The summed E-state index contributed by atoms with van der Waals surface area (Å²) in [6, 6.07) is 14.0. The molecule has 3 heterocycles. The van der Waals surface area contributed by atoms with Gasteiger partial charge in [-0.25, -0.2) is 14.5 Å². The van der Waals surface area contributed by atoms with E-state index in [4.69, 9.17) is 5.11 Å². The van der Waals surface area contributed by atoms with E-state index in [1.54, 1.807) is 6.07 Å². The number of hydrogen-bond acceptors (Lipinski definition) is 5. The Labute approximate surface area is 165 Å². The molecule has 5 rings (SSSR count). The molecule has 4 aromatic rings. The van der Waals surface area contributed by atoms with E-state index in [0.717, 1.165) is 25.2 Å². The SMILES string of the molecule is O=C(O)c1cnn(-c2nc3cc(N4CCc5ccccc5C4)ccc3c(=O)[nH]2)c1. The van der Waals surface area contributed by atoms with Gasteiger partial charge in [0.2, 0.25) is 5.95 Å². The molecule has 29 heavy (non-hydrogen) atoms. The van der Waals surface area contributed by atoms with E-state index in [1.165, 1.54) is 28.2 Å². The third-order valence-corrected chi connectivity index (χ3v) is 5.22. The first-order chi connectivity index (χ1) is 14.1. The Balaban J connectivity index is 1.54. The van der Waals surface area contributed by atoms with Gasteiger partial charge in [-0.1, -0.05) is 24.3 Å². The summed E-state index contributed by atoms with van der Waals surface area (Å²) >= 11 is 0. The lowest BCUT2D eigenvalue weighted by Gasteiger charge is -2.30. The lowest BCUT2D eigenvalue weighted by molar-refractivity contribution is 0.0697. The molecule has 2 aromatic heterocycles. The molecule has 2 aromatic carbocycles. The van der Waals surface area contributed by atoms with E-state index >= 15 is 0 Å². The van der Waals surface area contributed by atoms with Crippen molar-refractivity contribution in [2.75, 3.05) is 11.4 Å². The maximum absolute atomic E-state index is 12.5. The van der Waals surface area contributed by atoms with Gasteiger partial charge in [0.25, 0.3) is 5.56 Å². The number of anilines is 1. The summed E-state index contributed by atoms with van der Waals surface area (Å²) in [4.78, 5) is 33.0. The van der Waals surface area contributed by atoms with Crippen molar-refractivity contribution in [2.24, 2.45) is 0 Å². The van der Waals surface area contributed by atoms with E-state index in [-0.39, 0.29) is 17.1 Å². The number of hydrogen-bond donors (Lipinski definition) is 2. The lowest BCUT2D eigenvalue weighted by atomic mass is 9.99. The van der Waals surface area contributed by atoms with Crippen molar-refractivity contribution in [3.63, 3.8) is 0 Å². The fourth-order valence-corrected chi connectivity index (χ4v) is 3.69. The largest absolute Gasteiger partial charge is 0.478 e. The molecule has 0 saturated carbocycles. The minimum absolute atomic E-state index is 0.0217. The highest BCUT2D eigenvalue weighted by Gasteiger charge is 2.17. The van der Waals surface area contributed by atoms with Crippen molar-refractivity contribution < 1.29 is 9.90 Å². The molecule has 0 bridgehead atoms. The van der Waals surface area contributed by atoms with Crippen molar-refractivity contribution in [3.05, 3.63) is 81.9 Å². The van der Waals surface area contributed by atoms with Crippen molar-refractivity contribution in [1.29, 1.82) is 0 Å². The normalized spacial score (nSPS) is 13.4. The van der Waals surface area contributed by atoms with E-state index < -0.39 is 5.97 Å². The van der Waals surface area contributed by atoms with Crippen LogP contribution in [0.15, 0.2) is 59.7 Å². The first kappa shape index (κ1) is 17.2. The van der Waals surface area contributed by atoms with Gasteiger partial charge in [-0.2, -0.15) is 5.10 Å². The summed E-state index contributed by atoms with van der Waals surface area (Å²) in [7, 11) is 0. The molecule has 0 unspecified atom stereocenters. The summed E-state index contributed by atoms with van der Waals surface area (Å²) in [5.74, 6) is -0.914. The fraction of sp³-hybridized carbons (Fsp3) is 0.143. The van der Waals surface area contributed by atoms with Crippen molar-refractivity contribution in [3.8, 4) is 5.95 Å². The molecule has 8 nitrogen and oxygen atoms in total. The number of fused-ring (bicyclic) bond motifs is 2. The first-order valence-electron chi connectivity index (χ1n) is 9.22. The average molecular weight is 387 g/mol. The van der Waals surface area contributed by atoms with Crippen molar-refractivity contribution in [2.45, 2.75) is 13.0 Å². The number of nitrogens with one attached hydrogen (secondary N) is 1. The van der Waals surface area contributed by atoms with Crippen LogP contribution in [0.3, 0.4) is 0 Å². The Hall–Kier alpha value is -3.94. The molecule has 0 radical (unpaired) electrons. The third kappa shape index (κ3) is 3.04. The number of benzene rings is 2. The molecule has 1 aliphatic heterocycles. The number of aromatic carboxylic acids is 1. The zero-order valence-electron chi connectivity index (χ0n) is 15.4. The monoisotopic (exact) mass is 387 g/mol. The van der Waals surface area contributed by atoms with E-state index in [2.05, 4.69) is 38.2 Å². The van der Waals surface area contributed by atoms with Gasteiger partial charge in [-0.05, 0) is 35.7 Å². The van der Waals surface area contributed by atoms with Gasteiger partial charge in [0.1, 0.15) is 0 Å². The van der Waals surface area contributed by atoms with E-state index in [1.807, 2.05) is 18.2 Å². The fourth-order valence-electron chi connectivity index (χ4n) is 3.69. The minimum Gasteiger partial charge on any atom is -0.478 e. The summed E-state index contributed by atoms with van der Waals surface area (Å²) in [5, 5.41) is 13.5. The van der Waals surface area contributed by atoms with Gasteiger partial charge < -0.3 is 10.0 Å². The summed E-state index contributed by atoms with van der Waals surface area (Å²) in [6.07, 6.45) is 3.50. The summed E-state index contributed by atoms with van der Waals surface area (Å²) in [6.45, 7) is 1.69. The van der Waals surface area contributed by atoms with Crippen LogP contribution >= 0.6 is 0 Å². The van der Waals surface area contributed by atoms with Gasteiger partial charge in [-0.15, -0.1) is 0 Å². The zero-order valence-corrected chi connectivity index (χ0v) is 15.4. The lowest BCUT2D eigenvalue weighted by Crippen LogP contribution is -2.30. The first-order valence-corrected chi connectivity index (χ1v) is 9.22. The Morgan fingerprint density at radius 2 is 1.97 bits per heavy atom. The molecule has 2 N–H and O–H groups in total. The van der Waals surface area contributed by atoms with Crippen LogP contribution in [0.25, 0.3) is 16.9 Å². The molecule has 1 aliphatic rings. The van der Waals surface area contributed by atoms with Crippen LogP contribution in [0.5, 0.6) is 0 Å². The quantitative estimate of drug-likeness (QED) is 0.559. The Morgan fingerprint density at radius 1 is 1.14 bits per heavy atom. The van der Waals surface area contributed by atoms with E-state index in [0.29, 0.717) is 10.9 Å².